The number of aromatic amines is 1. The number of aromatic nitrogens is 3. The van der Waals surface area contributed by atoms with Crippen LogP contribution in [0.1, 0.15) is 62.6 Å². The van der Waals surface area contributed by atoms with E-state index in [4.69, 9.17) is 0 Å². The highest BCUT2D eigenvalue weighted by molar-refractivity contribution is 5.07. The van der Waals surface area contributed by atoms with Crippen LogP contribution in [-0.4, -0.2) is 21.7 Å². The Morgan fingerprint density at radius 2 is 2.19 bits per heavy atom. The second-order valence-corrected chi connectivity index (χ2v) is 5.16. The normalized spacial score (nSPS) is 30.6. The standard InChI is InChI=1S/C12H20N4/c1-2-8-5-6-13-10(7-8)12-14-11(15-16-12)9-3-4-9/h8-10,13H,2-7H2,1H3,(H,14,15,16). The van der Waals surface area contributed by atoms with Crippen molar-refractivity contribution in [1.29, 1.82) is 0 Å². The van der Waals surface area contributed by atoms with Gasteiger partial charge in [0.1, 0.15) is 5.82 Å². The minimum absolute atomic E-state index is 0.402. The zero-order valence-electron chi connectivity index (χ0n) is 9.87. The van der Waals surface area contributed by atoms with Crippen LogP contribution in [-0.2, 0) is 0 Å². The van der Waals surface area contributed by atoms with Crippen LogP contribution in [0.25, 0.3) is 0 Å². The summed E-state index contributed by atoms with van der Waals surface area (Å²) in [5, 5.41) is 11.0. The first-order valence-electron chi connectivity index (χ1n) is 6.52. The molecule has 0 aromatic carbocycles. The van der Waals surface area contributed by atoms with Gasteiger partial charge >= 0.3 is 0 Å². The van der Waals surface area contributed by atoms with Gasteiger partial charge in [-0.2, -0.15) is 5.10 Å². The molecule has 1 saturated heterocycles. The van der Waals surface area contributed by atoms with E-state index in [0.717, 1.165) is 24.1 Å². The number of piperidine rings is 1. The Balaban J connectivity index is 1.70. The molecule has 1 aliphatic carbocycles. The lowest BCUT2D eigenvalue weighted by molar-refractivity contribution is 0.291. The third kappa shape index (κ3) is 1.98. The lowest BCUT2D eigenvalue weighted by Gasteiger charge is -2.28. The highest BCUT2D eigenvalue weighted by atomic mass is 15.2. The molecule has 0 bridgehead atoms. The maximum absolute atomic E-state index is 4.64. The number of rotatable bonds is 3. The van der Waals surface area contributed by atoms with Crippen LogP contribution >= 0.6 is 0 Å². The first kappa shape index (κ1) is 10.3. The van der Waals surface area contributed by atoms with Gasteiger partial charge in [0, 0.05) is 5.92 Å². The van der Waals surface area contributed by atoms with Gasteiger partial charge in [-0.15, -0.1) is 0 Å². The van der Waals surface area contributed by atoms with Gasteiger partial charge in [-0.05, 0) is 38.1 Å². The summed E-state index contributed by atoms with van der Waals surface area (Å²) in [7, 11) is 0. The molecule has 1 aliphatic heterocycles. The van der Waals surface area contributed by atoms with E-state index in [1.54, 1.807) is 0 Å². The molecule has 0 amide bonds. The van der Waals surface area contributed by atoms with E-state index in [1.807, 2.05) is 0 Å². The van der Waals surface area contributed by atoms with Gasteiger partial charge in [-0.1, -0.05) is 13.3 Å². The summed E-state index contributed by atoms with van der Waals surface area (Å²) in [6.45, 7) is 3.39. The van der Waals surface area contributed by atoms with E-state index in [0.29, 0.717) is 12.0 Å². The van der Waals surface area contributed by atoms with Crippen molar-refractivity contribution in [3.63, 3.8) is 0 Å². The smallest absolute Gasteiger partial charge is 0.153 e. The number of H-pyrrole nitrogens is 1. The molecule has 2 N–H and O–H groups in total. The molecule has 88 valence electrons. The molecule has 1 aromatic rings. The molecule has 1 aromatic heterocycles. The summed E-state index contributed by atoms with van der Waals surface area (Å²) >= 11 is 0. The maximum Gasteiger partial charge on any atom is 0.153 e. The molecule has 2 fully saturated rings. The number of hydrogen-bond acceptors (Lipinski definition) is 3. The number of nitrogens with zero attached hydrogens (tertiary/aromatic N) is 2. The number of nitrogens with one attached hydrogen (secondary N) is 2. The summed E-state index contributed by atoms with van der Waals surface area (Å²) in [6, 6.07) is 0.402. The van der Waals surface area contributed by atoms with Crippen molar-refractivity contribution >= 4 is 0 Å². The van der Waals surface area contributed by atoms with Crippen molar-refractivity contribution in [3.05, 3.63) is 11.6 Å². The Morgan fingerprint density at radius 3 is 2.94 bits per heavy atom. The van der Waals surface area contributed by atoms with Crippen LogP contribution in [0.15, 0.2) is 0 Å². The van der Waals surface area contributed by atoms with Crippen LogP contribution in [0.2, 0.25) is 0 Å². The van der Waals surface area contributed by atoms with Gasteiger partial charge < -0.3 is 5.32 Å². The van der Waals surface area contributed by atoms with Gasteiger partial charge in [0.2, 0.25) is 0 Å². The zero-order chi connectivity index (χ0) is 11.0. The second kappa shape index (κ2) is 4.17. The fourth-order valence-electron chi connectivity index (χ4n) is 2.54. The Labute approximate surface area is 96.2 Å². The largest absolute Gasteiger partial charge is 0.307 e. The van der Waals surface area contributed by atoms with Crippen LogP contribution in [0.4, 0.5) is 0 Å². The first-order valence-corrected chi connectivity index (χ1v) is 6.52. The Morgan fingerprint density at radius 1 is 1.31 bits per heavy atom. The molecule has 3 rings (SSSR count). The molecule has 2 atom stereocenters. The van der Waals surface area contributed by atoms with Crippen molar-refractivity contribution in [2.75, 3.05) is 6.54 Å². The topological polar surface area (TPSA) is 53.6 Å². The maximum atomic E-state index is 4.64. The molecule has 0 spiro atoms. The van der Waals surface area contributed by atoms with E-state index >= 15 is 0 Å². The molecule has 4 heteroatoms. The Kier molecular flexibility index (Phi) is 2.67. The highest BCUT2D eigenvalue weighted by Gasteiger charge is 2.30. The van der Waals surface area contributed by atoms with E-state index < -0.39 is 0 Å². The van der Waals surface area contributed by atoms with E-state index in [1.165, 1.54) is 32.1 Å². The van der Waals surface area contributed by atoms with E-state index in [-0.39, 0.29) is 0 Å². The van der Waals surface area contributed by atoms with E-state index in [9.17, 15) is 0 Å². The minimum atomic E-state index is 0.402. The summed E-state index contributed by atoms with van der Waals surface area (Å²) < 4.78 is 0. The van der Waals surface area contributed by atoms with Crippen LogP contribution < -0.4 is 5.32 Å². The fourth-order valence-corrected chi connectivity index (χ4v) is 2.54. The summed E-state index contributed by atoms with van der Waals surface area (Å²) in [5.41, 5.74) is 0. The molecule has 4 nitrogen and oxygen atoms in total. The van der Waals surface area contributed by atoms with Crippen molar-refractivity contribution < 1.29 is 0 Å². The average molecular weight is 220 g/mol. The third-order valence-electron chi connectivity index (χ3n) is 3.88. The van der Waals surface area contributed by atoms with Gasteiger partial charge in [0.15, 0.2) is 5.82 Å². The Hall–Kier alpha value is -0.900. The quantitative estimate of drug-likeness (QED) is 0.820. The lowest BCUT2D eigenvalue weighted by atomic mass is 9.90. The van der Waals surface area contributed by atoms with E-state index in [2.05, 4.69) is 27.4 Å². The fraction of sp³-hybridized carbons (Fsp3) is 0.833. The lowest BCUT2D eigenvalue weighted by Crippen LogP contribution is -2.32. The third-order valence-corrected chi connectivity index (χ3v) is 3.88. The van der Waals surface area contributed by atoms with Crippen molar-refractivity contribution in [2.24, 2.45) is 5.92 Å². The van der Waals surface area contributed by atoms with Crippen molar-refractivity contribution in [3.8, 4) is 0 Å². The van der Waals surface area contributed by atoms with Gasteiger partial charge in [0.25, 0.3) is 0 Å². The zero-order valence-corrected chi connectivity index (χ0v) is 9.87. The molecule has 0 radical (unpaired) electrons. The van der Waals surface area contributed by atoms with Gasteiger partial charge in [-0.3, -0.25) is 5.10 Å². The average Bonchev–Trinajstić information content (AvgIpc) is 3.07. The number of hydrogen-bond donors (Lipinski definition) is 2. The second-order valence-electron chi connectivity index (χ2n) is 5.16. The minimum Gasteiger partial charge on any atom is -0.307 e. The van der Waals surface area contributed by atoms with Crippen molar-refractivity contribution in [1.82, 2.24) is 20.5 Å². The SMILES string of the molecule is CCC1CCNC(c2nc(C3CC3)n[nH]2)C1. The first-order chi connectivity index (χ1) is 7.86. The molecule has 16 heavy (non-hydrogen) atoms. The van der Waals surface area contributed by atoms with Crippen LogP contribution in [0.5, 0.6) is 0 Å². The van der Waals surface area contributed by atoms with Crippen LogP contribution in [0.3, 0.4) is 0 Å². The monoisotopic (exact) mass is 220 g/mol. The molecule has 2 unspecified atom stereocenters. The van der Waals surface area contributed by atoms with Gasteiger partial charge in [0.05, 0.1) is 6.04 Å². The Bertz CT molecular complexity index is 356. The predicted octanol–water partition coefficient (Wildman–Crippen LogP) is 2.13. The van der Waals surface area contributed by atoms with Gasteiger partial charge in [-0.25, -0.2) is 4.98 Å². The predicted molar refractivity (Wildman–Crippen MR) is 62.1 cm³/mol. The van der Waals surface area contributed by atoms with Crippen LogP contribution in [0, 0.1) is 5.92 Å². The highest BCUT2D eigenvalue weighted by Crippen LogP contribution is 2.38. The summed E-state index contributed by atoms with van der Waals surface area (Å²) in [5.74, 6) is 3.59. The molecular weight excluding hydrogens is 200 g/mol. The summed E-state index contributed by atoms with van der Waals surface area (Å²) in [4.78, 5) is 4.64. The molecule has 2 heterocycles. The molecule has 2 aliphatic rings. The molecular formula is C12H20N4. The summed E-state index contributed by atoms with van der Waals surface area (Å²) in [6.07, 6.45) is 6.33. The molecule has 1 saturated carbocycles. The van der Waals surface area contributed by atoms with Crippen molar-refractivity contribution in [2.45, 2.75) is 51.0 Å².